The number of carbonyl (C=O) groups excluding carboxylic acids is 3. The summed E-state index contributed by atoms with van der Waals surface area (Å²) >= 11 is 0. The molecule has 0 saturated carbocycles. The van der Waals surface area contributed by atoms with Gasteiger partial charge in [0.25, 0.3) is 0 Å². The number of amides is 3. The molecule has 6 nitrogen and oxygen atoms in total. The Bertz CT molecular complexity index is 634. The number of hydrogen-bond donors (Lipinski definition) is 2. The zero-order chi connectivity index (χ0) is 17.1. The molecule has 0 radical (unpaired) electrons. The topological polar surface area (TPSA) is 78.5 Å². The third-order valence-electron chi connectivity index (χ3n) is 4.72. The van der Waals surface area contributed by atoms with Crippen molar-refractivity contribution in [3.8, 4) is 0 Å². The Morgan fingerprint density at radius 3 is 2.46 bits per heavy atom. The summed E-state index contributed by atoms with van der Waals surface area (Å²) in [5.74, 6) is -0.163. The van der Waals surface area contributed by atoms with E-state index in [2.05, 4.69) is 22.8 Å². The number of nitrogens with zero attached hydrogens (tertiary/aromatic N) is 1. The van der Waals surface area contributed by atoms with Crippen molar-refractivity contribution in [3.05, 3.63) is 35.4 Å². The van der Waals surface area contributed by atoms with E-state index >= 15 is 0 Å². The van der Waals surface area contributed by atoms with E-state index in [1.54, 1.807) is 0 Å². The molecule has 128 valence electrons. The zero-order valence-electron chi connectivity index (χ0n) is 13.9. The van der Waals surface area contributed by atoms with Crippen LogP contribution in [0.15, 0.2) is 24.3 Å². The number of benzene rings is 1. The Balaban J connectivity index is 1.50. The van der Waals surface area contributed by atoms with E-state index in [1.165, 1.54) is 18.1 Å². The molecule has 1 fully saturated rings. The van der Waals surface area contributed by atoms with Crippen LogP contribution in [0.3, 0.4) is 0 Å². The molecular formula is C18H23N3O3. The molecule has 1 aliphatic heterocycles. The van der Waals surface area contributed by atoms with E-state index in [9.17, 15) is 14.4 Å². The molecule has 1 saturated heterocycles. The molecule has 1 aromatic rings. The van der Waals surface area contributed by atoms with Crippen LogP contribution < -0.4 is 10.6 Å². The Labute approximate surface area is 141 Å². The summed E-state index contributed by atoms with van der Waals surface area (Å²) in [5, 5.41) is 5.50. The molecule has 2 N–H and O–H groups in total. The molecule has 0 aromatic heterocycles. The quantitative estimate of drug-likeness (QED) is 0.821. The molecule has 3 rings (SSSR count). The van der Waals surface area contributed by atoms with Gasteiger partial charge in [-0.1, -0.05) is 24.3 Å². The fourth-order valence-electron chi connectivity index (χ4n) is 3.59. The minimum Gasteiger partial charge on any atom is -0.356 e. The highest BCUT2D eigenvalue weighted by Gasteiger charge is 2.37. The van der Waals surface area contributed by atoms with Gasteiger partial charge in [-0.15, -0.1) is 0 Å². The van der Waals surface area contributed by atoms with Gasteiger partial charge in [0.1, 0.15) is 0 Å². The maximum atomic E-state index is 12.3. The lowest BCUT2D eigenvalue weighted by atomic mass is 10.1. The first-order valence-corrected chi connectivity index (χ1v) is 8.43. The number of fused-ring (bicyclic) bond motifs is 1. The van der Waals surface area contributed by atoms with Crippen LogP contribution in [0.4, 0.5) is 0 Å². The normalized spacial score (nSPS) is 20.1. The molecule has 2 aliphatic rings. The second kappa shape index (κ2) is 7.03. The summed E-state index contributed by atoms with van der Waals surface area (Å²) in [6.07, 6.45) is 2.38. The van der Waals surface area contributed by atoms with Crippen LogP contribution in [0, 0.1) is 0 Å². The van der Waals surface area contributed by atoms with Crippen LogP contribution in [0.5, 0.6) is 0 Å². The zero-order valence-corrected chi connectivity index (χ0v) is 13.9. The van der Waals surface area contributed by atoms with Crippen molar-refractivity contribution in [2.45, 2.75) is 44.7 Å². The van der Waals surface area contributed by atoms with E-state index in [0.717, 1.165) is 12.8 Å². The summed E-state index contributed by atoms with van der Waals surface area (Å²) in [5.41, 5.74) is 2.64. The number of carbonyl (C=O) groups is 3. The predicted molar refractivity (Wildman–Crippen MR) is 89.2 cm³/mol. The SMILES string of the molecule is CC(=O)NCCC(=O)N[C@@H]1CC(=O)N(C2Cc3ccccc3C2)C1. The first kappa shape index (κ1) is 16.5. The van der Waals surface area contributed by atoms with E-state index < -0.39 is 0 Å². The highest BCUT2D eigenvalue weighted by Crippen LogP contribution is 2.28. The fraction of sp³-hybridized carbons (Fsp3) is 0.500. The van der Waals surface area contributed by atoms with Gasteiger partial charge in [-0.3, -0.25) is 14.4 Å². The Kier molecular flexibility index (Phi) is 4.83. The average Bonchev–Trinajstić information content (AvgIpc) is 3.09. The van der Waals surface area contributed by atoms with Crippen LogP contribution in [0.1, 0.15) is 30.9 Å². The highest BCUT2D eigenvalue weighted by molar-refractivity contribution is 5.83. The molecule has 0 bridgehead atoms. The molecular weight excluding hydrogens is 306 g/mol. The van der Waals surface area contributed by atoms with Gasteiger partial charge < -0.3 is 15.5 Å². The monoisotopic (exact) mass is 329 g/mol. The molecule has 1 heterocycles. The first-order valence-electron chi connectivity index (χ1n) is 8.43. The third kappa shape index (κ3) is 3.75. The third-order valence-corrected chi connectivity index (χ3v) is 4.72. The molecule has 24 heavy (non-hydrogen) atoms. The lowest BCUT2D eigenvalue weighted by Crippen LogP contribution is -2.41. The highest BCUT2D eigenvalue weighted by atomic mass is 16.2. The standard InChI is InChI=1S/C18H23N3O3/c1-12(22)19-7-6-17(23)20-15-10-18(24)21(11-15)16-8-13-4-2-3-5-14(13)9-16/h2-5,15-16H,6-11H2,1H3,(H,19,22)(H,20,23)/t15-/m1/s1. The maximum Gasteiger partial charge on any atom is 0.225 e. The van der Waals surface area contributed by atoms with Crippen LogP contribution in [-0.2, 0) is 27.2 Å². The lowest BCUT2D eigenvalue weighted by Gasteiger charge is -2.24. The van der Waals surface area contributed by atoms with Gasteiger partial charge in [-0.05, 0) is 24.0 Å². The summed E-state index contributed by atoms with van der Waals surface area (Å²) < 4.78 is 0. The van der Waals surface area contributed by atoms with Crippen LogP contribution >= 0.6 is 0 Å². The van der Waals surface area contributed by atoms with Gasteiger partial charge in [-0.25, -0.2) is 0 Å². The van der Waals surface area contributed by atoms with Crippen molar-refractivity contribution in [2.24, 2.45) is 0 Å². The number of nitrogens with one attached hydrogen (secondary N) is 2. The van der Waals surface area contributed by atoms with Gasteiger partial charge in [0.05, 0.1) is 6.04 Å². The Morgan fingerprint density at radius 1 is 1.17 bits per heavy atom. The van der Waals surface area contributed by atoms with Crippen molar-refractivity contribution >= 4 is 17.7 Å². The largest absolute Gasteiger partial charge is 0.356 e. The minimum atomic E-state index is -0.147. The minimum absolute atomic E-state index is 0.111. The van der Waals surface area contributed by atoms with Gasteiger partial charge in [-0.2, -0.15) is 0 Å². The number of rotatable bonds is 5. The maximum absolute atomic E-state index is 12.3. The Morgan fingerprint density at radius 2 is 1.83 bits per heavy atom. The molecule has 1 aromatic carbocycles. The average molecular weight is 329 g/mol. The van der Waals surface area contributed by atoms with Gasteiger partial charge in [0.15, 0.2) is 0 Å². The first-order chi connectivity index (χ1) is 11.5. The van der Waals surface area contributed by atoms with Gasteiger partial charge >= 0.3 is 0 Å². The molecule has 0 spiro atoms. The predicted octanol–water partition coefficient (Wildman–Crippen LogP) is 0.397. The molecule has 3 amide bonds. The van der Waals surface area contributed by atoms with E-state index in [-0.39, 0.29) is 36.2 Å². The second-order valence-corrected chi connectivity index (χ2v) is 6.58. The Hall–Kier alpha value is -2.37. The van der Waals surface area contributed by atoms with Crippen molar-refractivity contribution in [1.82, 2.24) is 15.5 Å². The summed E-state index contributed by atoms with van der Waals surface area (Å²) in [6, 6.07) is 8.38. The van der Waals surface area contributed by atoms with Crippen molar-refractivity contribution in [3.63, 3.8) is 0 Å². The lowest BCUT2D eigenvalue weighted by molar-refractivity contribution is -0.129. The summed E-state index contributed by atoms with van der Waals surface area (Å²) in [6.45, 7) is 2.32. The van der Waals surface area contributed by atoms with E-state index in [1.807, 2.05) is 17.0 Å². The van der Waals surface area contributed by atoms with Crippen LogP contribution in [-0.4, -0.2) is 47.8 Å². The van der Waals surface area contributed by atoms with Gasteiger partial charge in [0, 0.05) is 38.9 Å². The smallest absolute Gasteiger partial charge is 0.225 e. The molecule has 1 aliphatic carbocycles. The van der Waals surface area contributed by atoms with E-state index in [4.69, 9.17) is 0 Å². The van der Waals surface area contributed by atoms with Crippen molar-refractivity contribution in [2.75, 3.05) is 13.1 Å². The van der Waals surface area contributed by atoms with Crippen molar-refractivity contribution < 1.29 is 14.4 Å². The second-order valence-electron chi connectivity index (χ2n) is 6.58. The molecule has 1 atom stereocenters. The van der Waals surface area contributed by atoms with E-state index in [0.29, 0.717) is 19.5 Å². The number of hydrogen-bond acceptors (Lipinski definition) is 3. The molecule has 6 heteroatoms. The summed E-state index contributed by atoms with van der Waals surface area (Å²) in [7, 11) is 0. The summed E-state index contributed by atoms with van der Waals surface area (Å²) in [4.78, 5) is 36.9. The number of likely N-dealkylation sites (tertiary alicyclic amines) is 1. The van der Waals surface area contributed by atoms with Crippen LogP contribution in [0.25, 0.3) is 0 Å². The van der Waals surface area contributed by atoms with Gasteiger partial charge in [0.2, 0.25) is 17.7 Å². The molecule has 0 unspecified atom stereocenters. The fourth-order valence-corrected chi connectivity index (χ4v) is 3.59. The van der Waals surface area contributed by atoms with Crippen molar-refractivity contribution in [1.29, 1.82) is 0 Å². The van der Waals surface area contributed by atoms with Crippen LogP contribution in [0.2, 0.25) is 0 Å².